The summed E-state index contributed by atoms with van der Waals surface area (Å²) in [6, 6.07) is 5.16. The van der Waals surface area contributed by atoms with Crippen molar-refractivity contribution < 1.29 is 9.53 Å². The standard InChI is InChI=1S/C15H22ClN3O2/c1-21-14-5-4-12(16)7-13(14)18-15(20)10-19-6-2-3-11(8-17)9-19/h4-5,7,11H,2-3,6,8-10,17H2,1H3,(H,18,20). The molecule has 1 aliphatic heterocycles. The molecule has 5 nitrogen and oxygen atoms in total. The van der Waals surface area contributed by atoms with Gasteiger partial charge in [0.05, 0.1) is 19.3 Å². The Bertz CT molecular complexity index is 496. The van der Waals surface area contributed by atoms with Gasteiger partial charge in [-0.1, -0.05) is 11.6 Å². The van der Waals surface area contributed by atoms with Gasteiger partial charge in [0.25, 0.3) is 0 Å². The van der Waals surface area contributed by atoms with Crippen LogP contribution >= 0.6 is 11.6 Å². The minimum Gasteiger partial charge on any atom is -0.495 e. The van der Waals surface area contributed by atoms with Gasteiger partial charge in [0.1, 0.15) is 5.75 Å². The third-order valence-corrected chi connectivity index (χ3v) is 3.97. The Morgan fingerprint density at radius 1 is 1.57 bits per heavy atom. The fourth-order valence-electron chi connectivity index (χ4n) is 2.66. The van der Waals surface area contributed by atoms with E-state index in [0.29, 0.717) is 35.5 Å². The summed E-state index contributed by atoms with van der Waals surface area (Å²) in [7, 11) is 1.56. The molecule has 6 heteroatoms. The predicted molar refractivity (Wildman–Crippen MR) is 84.9 cm³/mol. The van der Waals surface area contributed by atoms with Gasteiger partial charge >= 0.3 is 0 Å². The lowest BCUT2D eigenvalue weighted by Gasteiger charge is -2.31. The second-order valence-corrected chi connectivity index (χ2v) is 5.81. The first kappa shape index (κ1) is 16.1. The van der Waals surface area contributed by atoms with Crippen LogP contribution in [0.25, 0.3) is 0 Å². The molecule has 0 spiro atoms. The van der Waals surface area contributed by atoms with Crippen LogP contribution in [0.2, 0.25) is 5.02 Å². The Labute approximate surface area is 130 Å². The summed E-state index contributed by atoms with van der Waals surface area (Å²) in [5, 5.41) is 3.42. The molecule has 0 aromatic heterocycles. The van der Waals surface area contributed by atoms with Crippen molar-refractivity contribution in [2.24, 2.45) is 11.7 Å². The smallest absolute Gasteiger partial charge is 0.238 e. The summed E-state index contributed by atoms with van der Waals surface area (Å²) in [4.78, 5) is 14.3. The van der Waals surface area contributed by atoms with E-state index in [9.17, 15) is 4.79 Å². The van der Waals surface area contributed by atoms with Crippen molar-refractivity contribution in [1.29, 1.82) is 0 Å². The minimum atomic E-state index is -0.0618. The summed E-state index contributed by atoms with van der Waals surface area (Å²) in [5.41, 5.74) is 6.32. The van der Waals surface area contributed by atoms with Gasteiger partial charge in [0.2, 0.25) is 5.91 Å². The maximum atomic E-state index is 12.2. The molecule has 1 aliphatic rings. The van der Waals surface area contributed by atoms with Gasteiger partial charge in [-0.25, -0.2) is 0 Å². The molecule has 1 atom stereocenters. The highest BCUT2D eigenvalue weighted by molar-refractivity contribution is 6.31. The number of hydrogen-bond acceptors (Lipinski definition) is 4. The number of anilines is 1. The molecule has 0 saturated carbocycles. The Morgan fingerprint density at radius 2 is 2.38 bits per heavy atom. The van der Waals surface area contributed by atoms with E-state index in [-0.39, 0.29) is 5.91 Å². The van der Waals surface area contributed by atoms with E-state index in [0.717, 1.165) is 25.9 Å². The molecule has 21 heavy (non-hydrogen) atoms. The molecule has 3 N–H and O–H groups in total. The number of ether oxygens (including phenoxy) is 1. The van der Waals surface area contributed by atoms with Crippen LogP contribution in [0.1, 0.15) is 12.8 Å². The molecule has 1 heterocycles. The monoisotopic (exact) mass is 311 g/mol. The average Bonchev–Trinajstić information content (AvgIpc) is 2.47. The highest BCUT2D eigenvalue weighted by Crippen LogP contribution is 2.27. The molecular formula is C15H22ClN3O2. The average molecular weight is 312 g/mol. The maximum absolute atomic E-state index is 12.2. The van der Waals surface area contributed by atoms with Crippen LogP contribution in [-0.4, -0.2) is 44.1 Å². The number of halogens is 1. The van der Waals surface area contributed by atoms with E-state index in [1.54, 1.807) is 25.3 Å². The van der Waals surface area contributed by atoms with E-state index in [4.69, 9.17) is 22.1 Å². The molecule has 1 aromatic carbocycles. The number of amides is 1. The van der Waals surface area contributed by atoms with Crippen LogP contribution in [0.3, 0.4) is 0 Å². The number of rotatable bonds is 5. The number of nitrogens with one attached hydrogen (secondary N) is 1. The molecule has 1 fully saturated rings. The van der Waals surface area contributed by atoms with E-state index in [1.165, 1.54) is 0 Å². The van der Waals surface area contributed by atoms with E-state index < -0.39 is 0 Å². The van der Waals surface area contributed by atoms with Gasteiger partial charge in [0, 0.05) is 11.6 Å². The van der Waals surface area contributed by atoms with E-state index in [2.05, 4.69) is 10.2 Å². The number of carbonyl (C=O) groups excluding carboxylic acids is 1. The molecule has 1 amide bonds. The molecular weight excluding hydrogens is 290 g/mol. The number of hydrogen-bond donors (Lipinski definition) is 2. The maximum Gasteiger partial charge on any atom is 0.238 e. The highest BCUT2D eigenvalue weighted by Gasteiger charge is 2.21. The van der Waals surface area contributed by atoms with Crippen LogP contribution in [0.5, 0.6) is 5.75 Å². The van der Waals surface area contributed by atoms with Gasteiger partial charge in [0.15, 0.2) is 0 Å². The van der Waals surface area contributed by atoms with Crippen LogP contribution in [-0.2, 0) is 4.79 Å². The van der Waals surface area contributed by atoms with Crippen molar-refractivity contribution in [2.45, 2.75) is 12.8 Å². The molecule has 1 unspecified atom stereocenters. The largest absolute Gasteiger partial charge is 0.495 e. The first-order valence-corrected chi connectivity index (χ1v) is 7.56. The number of likely N-dealkylation sites (tertiary alicyclic amines) is 1. The summed E-state index contributed by atoms with van der Waals surface area (Å²) in [6.45, 7) is 2.87. The second kappa shape index (κ2) is 7.64. The lowest BCUT2D eigenvalue weighted by atomic mass is 9.98. The second-order valence-electron chi connectivity index (χ2n) is 5.37. The van der Waals surface area contributed by atoms with Crippen molar-refractivity contribution in [3.63, 3.8) is 0 Å². The first-order valence-electron chi connectivity index (χ1n) is 7.18. The van der Waals surface area contributed by atoms with Crippen molar-refractivity contribution in [3.8, 4) is 5.75 Å². The SMILES string of the molecule is COc1ccc(Cl)cc1NC(=O)CN1CCCC(CN)C1. The van der Waals surface area contributed by atoms with Crippen LogP contribution < -0.4 is 15.8 Å². The summed E-state index contributed by atoms with van der Waals surface area (Å²) < 4.78 is 5.22. The van der Waals surface area contributed by atoms with E-state index >= 15 is 0 Å². The summed E-state index contributed by atoms with van der Waals surface area (Å²) in [5.74, 6) is 1.03. The predicted octanol–water partition coefficient (Wildman–Crippen LogP) is 1.96. The molecule has 0 bridgehead atoms. The molecule has 0 aliphatic carbocycles. The number of piperidine rings is 1. The van der Waals surface area contributed by atoms with Crippen LogP contribution in [0, 0.1) is 5.92 Å². The van der Waals surface area contributed by atoms with Gasteiger partial charge in [-0.15, -0.1) is 0 Å². The van der Waals surface area contributed by atoms with Crippen molar-refractivity contribution >= 4 is 23.2 Å². The zero-order valence-corrected chi connectivity index (χ0v) is 13.0. The molecule has 1 saturated heterocycles. The zero-order chi connectivity index (χ0) is 15.2. The minimum absolute atomic E-state index is 0.0618. The molecule has 1 aromatic rings. The van der Waals surface area contributed by atoms with Gasteiger partial charge in [-0.3, -0.25) is 9.69 Å². The lowest BCUT2D eigenvalue weighted by molar-refractivity contribution is -0.117. The summed E-state index contributed by atoms with van der Waals surface area (Å²) in [6.07, 6.45) is 2.24. The fourth-order valence-corrected chi connectivity index (χ4v) is 2.83. The number of methoxy groups -OCH3 is 1. The Balaban J connectivity index is 1.94. The Hall–Kier alpha value is -1.30. The number of benzene rings is 1. The third kappa shape index (κ3) is 4.59. The highest BCUT2D eigenvalue weighted by atomic mass is 35.5. The van der Waals surface area contributed by atoms with Gasteiger partial charge in [-0.2, -0.15) is 0 Å². The molecule has 0 radical (unpaired) electrons. The normalized spacial score (nSPS) is 19.3. The van der Waals surface area contributed by atoms with Gasteiger partial charge < -0.3 is 15.8 Å². The van der Waals surface area contributed by atoms with Crippen LogP contribution in [0.15, 0.2) is 18.2 Å². The van der Waals surface area contributed by atoms with Crippen molar-refractivity contribution in [3.05, 3.63) is 23.2 Å². The summed E-state index contributed by atoms with van der Waals surface area (Å²) >= 11 is 5.96. The topological polar surface area (TPSA) is 67.6 Å². The van der Waals surface area contributed by atoms with Crippen molar-refractivity contribution in [2.75, 3.05) is 38.6 Å². The number of nitrogens with two attached hydrogens (primary N) is 1. The van der Waals surface area contributed by atoms with Gasteiger partial charge in [-0.05, 0) is 50.0 Å². The molecule has 2 rings (SSSR count). The first-order chi connectivity index (χ1) is 10.1. The Morgan fingerprint density at radius 3 is 3.10 bits per heavy atom. The van der Waals surface area contributed by atoms with E-state index in [1.807, 2.05) is 0 Å². The third-order valence-electron chi connectivity index (χ3n) is 3.74. The number of carbonyl (C=O) groups is 1. The van der Waals surface area contributed by atoms with Crippen molar-refractivity contribution in [1.82, 2.24) is 4.90 Å². The number of nitrogens with zero attached hydrogens (tertiary/aromatic N) is 1. The zero-order valence-electron chi connectivity index (χ0n) is 12.3. The lowest BCUT2D eigenvalue weighted by Crippen LogP contribution is -2.42. The quantitative estimate of drug-likeness (QED) is 0.872. The Kier molecular flexibility index (Phi) is 5.85. The molecule has 116 valence electrons. The van der Waals surface area contributed by atoms with Crippen LogP contribution in [0.4, 0.5) is 5.69 Å². The fraction of sp³-hybridized carbons (Fsp3) is 0.533.